The molecule has 0 fully saturated rings. The van der Waals surface area contributed by atoms with Crippen LogP contribution in [0.3, 0.4) is 0 Å². The molecular weight excluding hydrogens is 741 g/mol. The second kappa shape index (κ2) is 15.6. The molecule has 0 bridgehead atoms. The van der Waals surface area contributed by atoms with E-state index >= 15 is 0 Å². The van der Waals surface area contributed by atoms with Gasteiger partial charge in [0.25, 0.3) is 0 Å². The molecule has 0 aliphatic carbocycles. The third kappa shape index (κ3) is 10.2. The number of halogens is 9. The Morgan fingerprint density at radius 2 is 0.942 bits per heavy atom. The number of rotatable bonds is 1. The lowest BCUT2D eigenvalue weighted by molar-refractivity contribution is -0.138. The molecule has 274 valence electrons. The molecule has 0 amide bonds. The molecule has 2 nitrogen and oxygen atoms in total. The standard InChI is InChI=1S/C20H17ClF3N.C15H18.C6H2Cl2F3N/c1-19(2,3)15-9-13(8-12-6-4-5-7-14(12)15)18-10-17(21)16(11-25-18)20(22,23)24;1-11-9-12-7-5-6-8-13(12)14(10-11)15(2,3)4;7-4-1-5(8)12-2-3(4)6(9,10)11/h4-11H,1-3H3;5-10H,1-4H3;1-2H. The summed E-state index contributed by atoms with van der Waals surface area (Å²) in [6, 6.07) is 27.3. The Bertz CT molecular complexity index is 2200. The quantitative estimate of drug-likeness (QED) is 0.123. The zero-order valence-electron chi connectivity index (χ0n) is 29.5. The lowest BCUT2D eigenvalue weighted by Gasteiger charge is -2.22. The van der Waals surface area contributed by atoms with E-state index in [-0.39, 0.29) is 21.0 Å². The SMILES string of the molecule is CC(C)(C)c1cc(-c2cc(Cl)c(C(F)(F)F)cn2)cc2ccccc12.Cc1cc(C(C)(C)C)c2ccccc2c1.FC(F)(F)c1cnc(Cl)cc1Cl. The fourth-order valence-corrected chi connectivity index (χ4v) is 6.31. The molecule has 0 N–H and O–H groups in total. The lowest BCUT2D eigenvalue weighted by Crippen LogP contribution is -2.12. The van der Waals surface area contributed by atoms with Crippen molar-refractivity contribution in [1.29, 1.82) is 0 Å². The minimum absolute atomic E-state index is 0.0620. The second-order valence-electron chi connectivity index (χ2n) is 14.3. The van der Waals surface area contributed by atoms with Crippen molar-refractivity contribution in [1.82, 2.24) is 9.97 Å². The zero-order valence-corrected chi connectivity index (χ0v) is 31.8. The predicted octanol–water partition coefficient (Wildman–Crippen LogP) is 14.7. The van der Waals surface area contributed by atoms with Gasteiger partial charge in [-0.25, -0.2) is 4.98 Å². The van der Waals surface area contributed by atoms with Crippen molar-refractivity contribution in [2.75, 3.05) is 0 Å². The molecule has 0 saturated carbocycles. The van der Waals surface area contributed by atoms with Crippen LogP contribution in [0.25, 0.3) is 32.8 Å². The number of nitrogens with zero attached hydrogens (tertiary/aromatic N) is 2. The lowest BCUT2D eigenvalue weighted by atomic mass is 9.82. The van der Waals surface area contributed by atoms with Crippen LogP contribution in [0.2, 0.25) is 15.2 Å². The van der Waals surface area contributed by atoms with Gasteiger partial charge >= 0.3 is 12.4 Å². The van der Waals surface area contributed by atoms with E-state index in [4.69, 9.17) is 34.8 Å². The normalized spacial score (nSPS) is 12.2. The Morgan fingerprint density at radius 3 is 1.40 bits per heavy atom. The van der Waals surface area contributed by atoms with Gasteiger partial charge in [-0.3, -0.25) is 4.98 Å². The number of hydrogen-bond donors (Lipinski definition) is 0. The molecular formula is C41H37Cl3F6N2. The van der Waals surface area contributed by atoms with Crippen molar-refractivity contribution >= 4 is 56.3 Å². The van der Waals surface area contributed by atoms with Crippen molar-refractivity contribution in [3.05, 3.63) is 140 Å². The molecule has 6 rings (SSSR count). The van der Waals surface area contributed by atoms with Crippen LogP contribution in [0.15, 0.2) is 97.3 Å². The molecule has 2 aromatic heterocycles. The van der Waals surface area contributed by atoms with E-state index in [1.807, 2.05) is 36.4 Å². The van der Waals surface area contributed by atoms with Gasteiger partial charge in [0.1, 0.15) is 5.15 Å². The Labute approximate surface area is 314 Å². The molecule has 0 atom stereocenters. The number of fused-ring (bicyclic) bond motifs is 2. The first-order chi connectivity index (χ1) is 24.0. The summed E-state index contributed by atoms with van der Waals surface area (Å²) < 4.78 is 74.7. The maximum Gasteiger partial charge on any atom is 0.419 e. The number of hydrogen-bond acceptors (Lipinski definition) is 2. The first kappa shape index (κ1) is 40.9. The summed E-state index contributed by atoms with van der Waals surface area (Å²) in [5, 5.41) is 4.02. The van der Waals surface area contributed by atoms with Gasteiger partial charge in [0.05, 0.1) is 26.9 Å². The van der Waals surface area contributed by atoms with Gasteiger partial charge in [-0.2, -0.15) is 26.3 Å². The first-order valence-corrected chi connectivity index (χ1v) is 17.2. The smallest absolute Gasteiger partial charge is 0.256 e. The zero-order chi connectivity index (χ0) is 38.8. The third-order valence-corrected chi connectivity index (χ3v) is 8.90. The van der Waals surface area contributed by atoms with E-state index in [1.54, 1.807) is 0 Å². The second-order valence-corrected chi connectivity index (χ2v) is 15.5. The molecule has 0 saturated heterocycles. The molecule has 52 heavy (non-hydrogen) atoms. The van der Waals surface area contributed by atoms with Crippen LogP contribution in [-0.2, 0) is 23.2 Å². The van der Waals surface area contributed by atoms with E-state index in [0.717, 1.165) is 34.2 Å². The summed E-state index contributed by atoms with van der Waals surface area (Å²) in [5.74, 6) is 0. The van der Waals surface area contributed by atoms with Gasteiger partial charge in [0, 0.05) is 18.0 Å². The van der Waals surface area contributed by atoms with Crippen molar-refractivity contribution < 1.29 is 26.3 Å². The van der Waals surface area contributed by atoms with Crippen LogP contribution < -0.4 is 0 Å². The van der Waals surface area contributed by atoms with Crippen molar-refractivity contribution in [3.63, 3.8) is 0 Å². The van der Waals surface area contributed by atoms with Crippen LogP contribution in [0.5, 0.6) is 0 Å². The van der Waals surface area contributed by atoms with Gasteiger partial charge in [-0.1, -0.05) is 143 Å². The summed E-state index contributed by atoms with van der Waals surface area (Å²) >= 11 is 16.4. The molecule has 6 aromatic rings. The molecule has 2 heterocycles. The van der Waals surface area contributed by atoms with Crippen molar-refractivity contribution in [3.8, 4) is 11.3 Å². The topological polar surface area (TPSA) is 25.8 Å². The van der Waals surface area contributed by atoms with Crippen molar-refractivity contribution in [2.24, 2.45) is 0 Å². The summed E-state index contributed by atoms with van der Waals surface area (Å²) in [4.78, 5) is 7.27. The highest BCUT2D eigenvalue weighted by atomic mass is 35.5. The Kier molecular flexibility index (Phi) is 12.3. The molecule has 11 heteroatoms. The first-order valence-electron chi connectivity index (χ1n) is 16.1. The number of alkyl halides is 6. The molecule has 0 aliphatic rings. The molecule has 0 unspecified atom stereocenters. The van der Waals surface area contributed by atoms with Crippen LogP contribution in [0, 0.1) is 6.92 Å². The average molecular weight is 778 g/mol. The molecule has 0 aliphatic heterocycles. The van der Waals surface area contributed by atoms with Crippen molar-refractivity contribution in [2.45, 2.75) is 71.6 Å². The highest BCUT2D eigenvalue weighted by molar-refractivity contribution is 6.34. The van der Waals surface area contributed by atoms with E-state index in [2.05, 4.69) is 94.8 Å². The number of aromatic nitrogens is 2. The van der Waals surface area contributed by atoms with Gasteiger partial charge in [0.15, 0.2) is 0 Å². The van der Waals surface area contributed by atoms with Gasteiger partial charge in [-0.15, -0.1) is 0 Å². The Balaban J connectivity index is 0.000000191. The maximum atomic E-state index is 12.9. The average Bonchev–Trinajstić information content (AvgIpc) is 3.02. The summed E-state index contributed by atoms with van der Waals surface area (Å²) in [5.41, 5.74) is 3.27. The molecule has 4 aromatic carbocycles. The van der Waals surface area contributed by atoms with E-state index in [9.17, 15) is 26.3 Å². The fraction of sp³-hybridized carbons (Fsp3) is 0.268. The molecule has 0 radical (unpaired) electrons. The largest absolute Gasteiger partial charge is 0.419 e. The highest BCUT2D eigenvalue weighted by Crippen LogP contribution is 2.39. The fourth-order valence-electron chi connectivity index (χ4n) is 5.57. The summed E-state index contributed by atoms with van der Waals surface area (Å²) in [7, 11) is 0. The number of aryl methyl sites for hydroxylation is 1. The summed E-state index contributed by atoms with van der Waals surface area (Å²) in [6.07, 6.45) is -7.59. The van der Waals surface area contributed by atoms with E-state index in [1.165, 1.54) is 28.0 Å². The highest BCUT2D eigenvalue weighted by Gasteiger charge is 2.34. The van der Waals surface area contributed by atoms with Crippen LogP contribution in [0.4, 0.5) is 26.3 Å². The van der Waals surface area contributed by atoms with Gasteiger partial charge in [-0.05, 0) is 74.7 Å². The van der Waals surface area contributed by atoms with Crippen LogP contribution >= 0.6 is 34.8 Å². The van der Waals surface area contributed by atoms with Crippen LogP contribution in [0.1, 0.15) is 69.4 Å². The third-order valence-electron chi connectivity index (χ3n) is 8.06. The monoisotopic (exact) mass is 776 g/mol. The van der Waals surface area contributed by atoms with E-state index < -0.39 is 28.5 Å². The Morgan fingerprint density at radius 1 is 0.500 bits per heavy atom. The minimum atomic E-state index is -4.51. The maximum absolute atomic E-state index is 12.9. The minimum Gasteiger partial charge on any atom is -0.256 e. The van der Waals surface area contributed by atoms with Gasteiger partial charge in [0.2, 0.25) is 0 Å². The number of benzene rings is 4. The predicted molar refractivity (Wildman–Crippen MR) is 203 cm³/mol. The van der Waals surface area contributed by atoms with Gasteiger partial charge < -0.3 is 0 Å². The molecule has 0 spiro atoms. The number of pyridine rings is 2. The Hall–Kier alpha value is -3.85. The van der Waals surface area contributed by atoms with E-state index in [0.29, 0.717) is 11.9 Å². The summed E-state index contributed by atoms with van der Waals surface area (Å²) in [6.45, 7) is 15.3. The van der Waals surface area contributed by atoms with Crippen LogP contribution in [-0.4, -0.2) is 9.97 Å².